The second-order valence-electron chi connectivity index (χ2n) is 6.93. The van der Waals surface area contributed by atoms with Crippen molar-refractivity contribution in [2.24, 2.45) is 4.99 Å². The van der Waals surface area contributed by atoms with Crippen LogP contribution in [-0.2, 0) is 0 Å². The van der Waals surface area contributed by atoms with Crippen molar-refractivity contribution in [3.8, 4) is 22.8 Å². The minimum absolute atomic E-state index is 0.159. The molecule has 0 fully saturated rings. The van der Waals surface area contributed by atoms with E-state index < -0.39 is 0 Å². The van der Waals surface area contributed by atoms with Crippen LogP contribution in [0.1, 0.15) is 5.56 Å². The van der Waals surface area contributed by atoms with E-state index in [0.29, 0.717) is 21.8 Å². The second kappa shape index (κ2) is 7.31. The van der Waals surface area contributed by atoms with E-state index in [4.69, 9.17) is 19.1 Å². The van der Waals surface area contributed by atoms with Crippen LogP contribution in [0.25, 0.3) is 32.5 Å². The van der Waals surface area contributed by atoms with Crippen molar-refractivity contribution < 1.29 is 14.3 Å². The summed E-state index contributed by atoms with van der Waals surface area (Å²) in [6, 6.07) is 20.7. The quantitative estimate of drug-likeness (QED) is 0.395. The van der Waals surface area contributed by atoms with Gasteiger partial charge in [-0.25, -0.2) is 9.98 Å². The number of aromatic hydroxyl groups is 1. The number of fused-ring (bicyclic) bond motifs is 2. The molecule has 0 radical (unpaired) electrons. The van der Waals surface area contributed by atoms with E-state index >= 15 is 0 Å². The fourth-order valence-electron chi connectivity index (χ4n) is 3.37. The Morgan fingerprint density at radius 1 is 1.03 bits per heavy atom. The summed E-state index contributed by atoms with van der Waals surface area (Å²) in [6.07, 6.45) is 0. The van der Waals surface area contributed by atoms with Crippen molar-refractivity contribution in [2.75, 3.05) is 7.11 Å². The molecule has 1 N–H and O–H groups in total. The number of phenolic OH excluding ortho intramolecular Hbond substituents is 1. The Morgan fingerprint density at radius 3 is 2.63 bits per heavy atom. The minimum Gasteiger partial charge on any atom is -0.508 e. The highest BCUT2D eigenvalue weighted by Gasteiger charge is 2.09. The van der Waals surface area contributed by atoms with Crippen LogP contribution in [-0.4, -0.2) is 17.2 Å². The maximum atomic E-state index is 10.0. The summed E-state index contributed by atoms with van der Waals surface area (Å²) in [5, 5.41) is 12.1. The first kappa shape index (κ1) is 18.4. The molecule has 0 atom stereocenters. The van der Waals surface area contributed by atoms with Crippen LogP contribution in [0.5, 0.6) is 11.5 Å². The van der Waals surface area contributed by atoms with Crippen LogP contribution in [0.15, 0.2) is 76.1 Å². The molecule has 2 aromatic heterocycles. The van der Waals surface area contributed by atoms with Crippen molar-refractivity contribution in [3.05, 3.63) is 77.7 Å². The summed E-state index contributed by atoms with van der Waals surface area (Å²) in [5.74, 6) is 1.61. The lowest BCUT2D eigenvalue weighted by atomic mass is 10.1. The van der Waals surface area contributed by atoms with Gasteiger partial charge >= 0.3 is 0 Å². The lowest BCUT2D eigenvalue weighted by Crippen LogP contribution is -2.03. The average molecular weight is 414 g/mol. The van der Waals surface area contributed by atoms with Gasteiger partial charge in [-0.3, -0.25) is 0 Å². The number of thiazole rings is 1. The number of nitrogens with zero attached hydrogens (tertiary/aromatic N) is 2. The van der Waals surface area contributed by atoms with Crippen molar-refractivity contribution in [1.29, 1.82) is 0 Å². The number of hydrogen-bond donors (Lipinski definition) is 1. The number of aromatic nitrogens is 1. The van der Waals surface area contributed by atoms with Crippen LogP contribution < -0.4 is 10.1 Å². The van der Waals surface area contributed by atoms with Crippen LogP contribution in [0, 0.1) is 6.92 Å². The molecular weight excluding hydrogens is 396 g/mol. The average Bonchev–Trinajstić information content (AvgIpc) is 3.18. The van der Waals surface area contributed by atoms with E-state index in [1.807, 2.05) is 55.5 Å². The number of phenols is 1. The third kappa shape index (κ3) is 3.31. The van der Waals surface area contributed by atoms with Gasteiger partial charge in [-0.05, 0) is 61.0 Å². The van der Waals surface area contributed by atoms with Crippen molar-refractivity contribution >= 4 is 37.7 Å². The summed E-state index contributed by atoms with van der Waals surface area (Å²) in [5.41, 5.74) is 3.62. The molecule has 0 spiro atoms. The maximum absolute atomic E-state index is 10.0. The number of benzene rings is 3. The van der Waals surface area contributed by atoms with Gasteiger partial charge in [-0.2, -0.15) is 0 Å². The normalized spacial score (nSPS) is 12.0. The zero-order chi connectivity index (χ0) is 20.7. The van der Waals surface area contributed by atoms with Gasteiger partial charge in [0.05, 0.1) is 22.7 Å². The molecule has 0 aliphatic rings. The third-order valence-electron chi connectivity index (χ3n) is 4.93. The van der Waals surface area contributed by atoms with Crippen molar-refractivity contribution in [2.45, 2.75) is 6.92 Å². The Balaban J connectivity index is 1.74. The fourth-order valence-corrected chi connectivity index (χ4v) is 4.30. The summed E-state index contributed by atoms with van der Waals surface area (Å²) in [6.45, 7) is 2.04. The molecule has 0 bridgehead atoms. The van der Waals surface area contributed by atoms with Gasteiger partial charge in [0.2, 0.25) is 5.13 Å². The first-order chi connectivity index (χ1) is 14.6. The maximum Gasteiger partial charge on any atom is 0.210 e. The second-order valence-corrected chi connectivity index (χ2v) is 7.94. The van der Waals surface area contributed by atoms with Gasteiger partial charge in [-0.1, -0.05) is 23.5 Å². The van der Waals surface area contributed by atoms with Gasteiger partial charge in [0.15, 0.2) is 0 Å². The van der Waals surface area contributed by atoms with Gasteiger partial charge in [-0.15, -0.1) is 0 Å². The van der Waals surface area contributed by atoms with E-state index in [-0.39, 0.29) is 5.75 Å². The van der Waals surface area contributed by atoms with E-state index in [0.717, 1.165) is 32.5 Å². The summed E-state index contributed by atoms with van der Waals surface area (Å²) >= 11 is 1.54. The fraction of sp³-hybridized carbons (Fsp3) is 0.0833. The number of rotatable bonds is 3. The molecule has 148 valence electrons. The SMILES string of the molecule is COc1ccc(-c2cc(=Nc3nc4c(C)cccc4s3)c3cc(O)ccc3o2)cc1. The third-order valence-corrected chi connectivity index (χ3v) is 5.84. The number of methoxy groups -OCH3 is 1. The molecule has 0 amide bonds. The number of aryl methyl sites for hydroxylation is 1. The number of ether oxygens (including phenoxy) is 1. The topological polar surface area (TPSA) is 67.9 Å². The van der Waals surface area contributed by atoms with Gasteiger partial charge < -0.3 is 14.3 Å². The predicted molar refractivity (Wildman–Crippen MR) is 119 cm³/mol. The molecule has 0 saturated carbocycles. The Morgan fingerprint density at radius 2 is 1.87 bits per heavy atom. The molecule has 0 unspecified atom stereocenters. The van der Waals surface area contributed by atoms with Gasteiger partial charge in [0, 0.05) is 17.0 Å². The van der Waals surface area contributed by atoms with Crippen molar-refractivity contribution in [1.82, 2.24) is 4.98 Å². The first-order valence-electron chi connectivity index (χ1n) is 9.43. The van der Waals surface area contributed by atoms with Gasteiger partial charge in [0.1, 0.15) is 22.8 Å². The summed E-state index contributed by atoms with van der Waals surface area (Å²) in [7, 11) is 1.64. The smallest absolute Gasteiger partial charge is 0.210 e. The lowest BCUT2D eigenvalue weighted by Gasteiger charge is -2.06. The minimum atomic E-state index is 0.159. The highest BCUT2D eigenvalue weighted by atomic mass is 32.1. The molecule has 0 aliphatic heterocycles. The van der Waals surface area contributed by atoms with Crippen LogP contribution in [0.2, 0.25) is 0 Å². The van der Waals surface area contributed by atoms with Crippen LogP contribution in [0.4, 0.5) is 5.13 Å². The molecule has 2 heterocycles. The molecular formula is C24H18N2O3S. The summed E-state index contributed by atoms with van der Waals surface area (Å²) in [4.78, 5) is 9.52. The highest BCUT2D eigenvalue weighted by molar-refractivity contribution is 7.21. The monoisotopic (exact) mass is 414 g/mol. The molecule has 5 aromatic rings. The molecule has 0 saturated heterocycles. The lowest BCUT2D eigenvalue weighted by molar-refractivity contribution is 0.415. The van der Waals surface area contributed by atoms with E-state index in [1.54, 1.807) is 25.3 Å². The largest absolute Gasteiger partial charge is 0.508 e. The predicted octanol–water partition coefficient (Wildman–Crippen LogP) is 5.96. The van der Waals surface area contributed by atoms with Crippen LogP contribution >= 0.6 is 11.3 Å². The molecule has 5 rings (SSSR count). The Hall–Kier alpha value is -3.64. The molecule has 3 aromatic carbocycles. The van der Waals surface area contributed by atoms with Crippen LogP contribution in [0.3, 0.4) is 0 Å². The Kier molecular flexibility index (Phi) is 4.48. The zero-order valence-electron chi connectivity index (χ0n) is 16.4. The Labute approximate surface area is 176 Å². The molecule has 5 nitrogen and oxygen atoms in total. The van der Waals surface area contributed by atoms with E-state index in [9.17, 15) is 5.11 Å². The number of hydrogen-bond acceptors (Lipinski definition) is 6. The summed E-state index contributed by atoms with van der Waals surface area (Å²) < 4.78 is 12.4. The molecule has 0 aliphatic carbocycles. The van der Waals surface area contributed by atoms with E-state index in [2.05, 4.69) is 0 Å². The molecule has 30 heavy (non-hydrogen) atoms. The molecule has 6 heteroatoms. The Bertz CT molecular complexity index is 1450. The first-order valence-corrected chi connectivity index (χ1v) is 10.2. The zero-order valence-corrected chi connectivity index (χ0v) is 17.2. The van der Waals surface area contributed by atoms with Gasteiger partial charge in [0.25, 0.3) is 0 Å². The highest BCUT2D eigenvalue weighted by Crippen LogP contribution is 2.30. The standard InChI is InChI=1S/C24H18N2O3S/c1-14-4-3-5-22-23(14)26-24(30-22)25-19-13-21(15-6-9-17(28-2)10-7-15)29-20-11-8-16(27)12-18(19)20/h3-13,27H,1-2H3. The van der Waals surface area contributed by atoms with E-state index in [1.165, 1.54) is 11.3 Å². The van der Waals surface area contributed by atoms with Crippen molar-refractivity contribution in [3.63, 3.8) is 0 Å². The number of para-hydroxylation sites is 1.